The van der Waals surface area contributed by atoms with Gasteiger partial charge in [-0.3, -0.25) is 15.6 Å². The first-order valence-electron chi connectivity index (χ1n) is 7.38. The maximum absolute atomic E-state index is 11.4. The third-order valence-electron chi connectivity index (χ3n) is 3.77. The maximum atomic E-state index is 11.4. The number of nitrogens with one attached hydrogen (secondary N) is 2. The molecule has 2 rings (SSSR count). The molecule has 0 atom stereocenters. The molecule has 0 aliphatic carbocycles. The Balaban J connectivity index is 2.35. The molecule has 0 unspecified atom stereocenters. The number of nitrogens with two attached hydrogens (primary N) is 2. The highest BCUT2D eigenvalue weighted by Gasteiger charge is 2.18. The lowest BCUT2D eigenvalue weighted by molar-refractivity contribution is 0.100. The molecule has 126 valence electrons. The van der Waals surface area contributed by atoms with Crippen molar-refractivity contribution in [2.45, 2.75) is 0 Å². The van der Waals surface area contributed by atoms with Crippen LogP contribution >= 0.6 is 0 Å². The number of primary amides is 1. The lowest BCUT2D eigenvalue weighted by Gasteiger charge is -2.35. The number of amidine groups is 1. The van der Waals surface area contributed by atoms with Crippen molar-refractivity contribution < 1.29 is 4.79 Å². The molecule has 0 spiro atoms. The van der Waals surface area contributed by atoms with Crippen molar-refractivity contribution in [2.75, 3.05) is 43.6 Å². The second-order valence-corrected chi connectivity index (χ2v) is 5.48. The fourth-order valence-corrected chi connectivity index (χ4v) is 2.36. The number of hydrogen-bond acceptors (Lipinski definition) is 7. The molecular weight excluding hydrogens is 308 g/mol. The number of nitrogens with zero attached hydrogens (tertiary/aromatic N) is 4. The first kappa shape index (κ1) is 17.2. The van der Waals surface area contributed by atoms with Crippen LogP contribution in [0.25, 0.3) is 0 Å². The van der Waals surface area contributed by atoms with E-state index >= 15 is 0 Å². The van der Waals surface area contributed by atoms with E-state index in [4.69, 9.17) is 22.1 Å². The minimum Gasteiger partial charge on any atom is -0.382 e. The highest BCUT2D eigenvalue weighted by atomic mass is 16.1. The minimum absolute atomic E-state index is 0.233. The van der Waals surface area contributed by atoms with Crippen LogP contribution in [0, 0.1) is 16.7 Å². The number of amides is 1. The molecule has 9 heteroatoms. The summed E-state index contributed by atoms with van der Waals surface area (Å²) < 4.78 is 0. The molecule has 1 aromatic carbocycles. The minimum atomic E-state index is -0.556. The van der Waals surface area contributed by atoms with Gasteiger partial charge in [0.15, 0.2) is 5.84 Å². The number of benzene rings is 1. The van der Waals surface area contributed by atoms with Gasteiger partial charge in [0.2, 0.25) is 11.6 Å². The van der Waals surface area contributed by atoms with Gasteiger partial charge in [-0.1, -0.05) is 0 Å². The summed E-state index contributed by atoms with van der Waals surface area (Å²) in [6, 6.07) is 6.77. The van der Waals surface area contributed by atoms with Gasteiger partial charge in [0.1, 0.15) is 6.07 Å². The highest BCUT2D eigenvalue weighted by molar-refractivity contribution is 6.45. The summed E-state index contributed by atoms with van der Waals surface area (Å²) >= 11 is 0. The second kappa shape index (κ2) is 7.43. The van der Waals surface area contributed by atoms with Gasteiger partial charge in [-0.25, -0.2) is 0 Å². The molecule has 1 amide bonds. The van der Waals surface area contributed by atoms with E-state index in [1.54, 1.807) is 24.3 Å². The number of anilines is 2. The fraction of sp³-hybridized carbons (Fsp3) is 0.333. The number of nitriles is 1. The smallest absolute Gasteiger partial charge is 0.248 e. The summed E-state index contributed by atoms with van der Waals surface area (Å²) in [6.07, 6.45) is 0. The predicted molar refractivity (Wildman–Crippen MR) is 93.3 cm³/mol. The van der Waals surface area contributed by atoms with Gasteiger partial charge in [0.05, 0.1) is 11.4 Å². The SMILES string of the molecule is CN1CCN(c2ccc(C(N)=O)cc2N/N=C(\C#N)C(=N)N)CC1. The van der Waals surface area contributed by atoms with E-state index in [2.05, 4.69) is 27.4 Å². The molecule has 1 saturated heterocycles. The van der Waals surface area contributed by atoms with Crippen molar-refractivity contribution >= 4 is 28.8 Å². The Bertz CT molecular complexity index is 713. The monoisotopic (exact) mass is 328 g/mol. The number of rotatable bonds is 5. The first-order valence-corrected chi connectivity index (χ1v) is 7.38. The van der Waals surface area contributed by atoms with Crippen LogP contribution in [0.15, 0.2) is 23.3 Å². The van der Waals surface area contributed by atoms with Crippen molar-refractivity contribution in [3.05, 3.63) is 23.8 Å². The quantitative estimate of drug-likeness (QED) is 0.333. The Morgan fingerprint density at radius 1 is 1.33 bits per heavy atom. The molecule has 1 fully saturated rings. The molecule has 9 nitrogen and oxygen atoms in total. The molecule has 6 N–H and O–H groups in total. The van der Waals surface area contributed by atoms with E-state index < -0.39 is 11.7 Å². The molecule has 24 heavy (non-hydrogen) atoms. The van der Waals surface area contributed by atoms with Gasteiger partial charge in [0.25, 0.3) is 0 Å². The Hall–Kier alpha value is -3.12. The van der Waals surface area contributed by atoms with Crippen LogP contribution in [0.5, 0.6) is 0 Å². The number of piperazine rings is 1. The average Bonchev–Trinajstić information content (AvgIpc) is 2.55. The van der Waals surface area contributed by atoms with E-state index in [-0.39, 0.29) is 5.71 Å². The summed E-state index contributed by atoms with van der Waals surface area (Å²) in [5.74, 6) is -0.990. The van der Waals surface area contributed by atoms with Gasteiger partial charge >= 0.3 is 0 Å². The molecule has 1 aromatic rings. The zero-order valence-corrected chi connectivity index (χ0v) is 13.4. The van der Waals surface area contributed by atoms with Crippen LogP contribution in [0.4, 0.5) is 11.4 Å². The fourth-order valence-electron chi connectivity index (χ4n) is 2.36. The predicted octanol–water partition coefficient (Wildman–Crippen LogP) is -0.235. The summed E-state index contributed by atoms with van der Waals surface area (Å²) in [5.41, 5.74) is 14.8. The number of hydrazone groups is 1. The highest BCUT2D eigenvalue weighted by Crippen LogP contribution is 2.28. The standard InChI is InChI=1S/C15H20N8O/c1-22-4-6-23(7-5-22)13-3-2-10(15(19)24)8-11(13)20-21-12(9-16)14(17)18/h2-3,8,20H,4-7H2,1H3,(H3,17,18)(H2,19,24)/b21-12+. The zero-order chi connectivity index (χ0) is 17.7. The van der Waals surface area contributed by atoms with Gasteiger partial charge in [-0.2, -0.15) is 10.4 Å². The van der Waals surface area contributed by atoms with E-state index in [1.807, 2.05) is 0 Å². The molecule has 0 radical (unpaired) electrons. The normalized spacial score (nSPS) is 15.7. The van der Waals surface area contributed by atoms with E-state index in [9.17, 15) is 4.79 Å². The molecule has 1 heterocycles. The number of likely N-dealkylation sites (N-methyl/N-ethyl adjacent to an activating group) is 1. The summed E-state index contributed by atoms with van der Waals surface area (Å²) in [4.78, 5) is 15.8. The van der Waals surface area contributed by atoms with E-state index in [1.165, 1.54) is 0 Å². The van der Waals surface area contributed by atoms with Gasteiger partial charge in [-0.15, -0.1) is 0 Å². The molecule has 0 saturated carbocycles. The molecule has 1 aliphatic rings. The second-order valence-electron chi connectivity index (χ2n) is 5.48. The number of carbonyl (C=O) groups is 1. The summed E-state index contributed by atoms with van der Waals surface area (Å²) in [7, 11) is 2.06. The van der Waals surface area contributed by atoms with Gasteiger partial charge < -0.3 is 21.3 Å². The van der Waals surface area contributed by atoms with Crippen molar-refractivity contribution in [2.24, 2.45) is 16.6 Å². The average molecular weight is 328 g/mol. The third kappa shape index (κ3) is 3.99. The summed E-state index contributed by atoms with van der Waals surface area (Å²) in [6.45, 7) is 3.47. The van der Waals surface area contributed by atoms with Crippen molar-refractivity contribution in [1.29, 1.82) is 10.7 Å². The Labute approximate surface area is 140 Å². The third-order valence-corrected chi connectivity index (χ3v) is 3.77. The lowest BCUT2D eigenvalue weighted by atomic mass is 10.1. The Morgan fingerprint density at radius 3 is 2.54 bits per heavy atom. The maximum Gasteiger partial charge on any atom is 0.248 e. The largest absolute Gasteiger partial charge is 0.382 e. The molecule has 0 bridgehead atoms. The molecular formula is C15H20N8O. The van der Waals surface area contributed by atoms with Crippen molar-refractivity contribution in [1.82, 2.24) is 4.90 Å². The van der Waals surface area contributed by atoms with Crippen LogP contribution in [0.2, 0.25) is 0 Å². The van der Waals surface area contributed by atoms with Crippen LogP contribution < -0.4 is 21.8 Å². The van der Waals surface area contributed by atoms with Crippen LogP contribution in [-0.4, -0.2) is 55.6 Å². The lowest BCUT2D eigenvalue weighted by Crippen LogP contribution is -2.44. The molecule has 1 aliphatic heterocycles. The first-order chi connectivity index (χ1) is 11.4. The van der Waals surface area contributed by atoms with Crippen LogP contribution in [0.3, 0.4) is 0 Å². The number of carbonyl (C=O) groups excluding carboxylic acids is 1. The topological polar surface area (TPSA) is 148 Å². The van der Waals surface area contributed by atoms with Crippen molar-refractivity contribution in [3.8, 4) is 6.07 Å². The Morgan fingerprint density at radius 2 is 2.00 bits per heavy atom. The van der Waals surface area contributed by atoms with Crippen molar-refractivity contribution in [3.63, 3.8) is 0 Å². The van der Waals surface area contributed by atoms with Crippen LogP contribution in [-0.2, 0) is 0 Å². The summed E-state index contributed by atoms with van der Waals surface area (Å²) in [5, 5.41) is 20.1. The Kier molecular flexibility index (Phi) is 5.34. The zero-order valence-electron chi connectivity index (χ0n) is 13.4. The van der Waals surface area contributed by atoms with Gasteiger partial charge in [0, 0.05) is 31.7 Å². The molecule has 0 aromatic heterocycles. The van der Waals surface area contributed by atoms with E-state index in [0.29, 0.717) is 11.3 Å². The number of hydrogen-bond donors (Lipinski definition) is 4. The van der Waals surface area contributed by atoms with E-state index in [0.717, 1.165) is 31.9 Å². The van der Waals surface area contributed by atoms with Gasteiger partial charge in [-0.05, 0) is 25.2 Å². The van der Waals surface area contributed by atoms with Crippen LogP contribution in [0.1, 0.15) is 10.4 Å².